The molecule has 1 aliphatic rings. The maximum absolute atomic E-state index is 13.1. The summed E-state index contributed by atoms with van der Waals surface area (Å²) < 4.78 is 1.79. The van der Waals surface area contributed by atoms with Crippen molar-refractivity contribution in [3.8, 4) is 0 Å². The number of piperidine rings is 1. The van der Waals surface area contributed by atoms with Gasteiger partial charge in [-0.1, -0.05) is 12.1 Å². The number of carbonyl (C=O) groups is 2. The first-order valence-corrected chi connectivity index (χ1v) is 8.82. The van der Waals surface area contributed by atoms with Crippen molar-refractivity contribution < 1.29 is 9.59 Å². The zero-order valence-electron chi connectivity index (χ0n) is 15.3. The minimum Gasteiger partial charge on any atom is -0.377 e. The van der Waals surface area contributed by atoms with Gasteiger partial charge in [0, 0.05) is 51.2 Å². The van der Waals surface area contributed by atoms with E-state index >= 15 is 0 Å². The van der Waals surface area contributed by atoms with Gasteiger partial charge in [-0.25, -0.2) is 4.98 Å². The summed E-state index contributed by atoms with van der Waals surface area (Å²) in [6, 6.07) is 7.65. The number of hydrogen-bond acceptors (Lipinski definition) is 4. The smallest absolute Gasteiger partial charge is 0.255 e. The van der Waals surface area contributed by atoms with Crippen molar-refractivity contribution in [2.75, 3.05) is 32.1 Å². The van der Waals surface area contributed by atoms with E-state index in [0.29, 0.717) is 12.1 Å². The van der Waals surface area contributed by atoms with Crippen LogP contribution < -0.4 is 10.6 Å². The molecule has 1 aromatic heterocycles. The van der Waals surface area contributed by atoms with E-state index in [1.165, 1.54) is 0 Å². The molecule has 138 valence electrons. The van der Waals surface area contributed by atoms with Gasteiger partial charge in [0.05, 0.1) is 5.56 Å². The molecular weight excluding hydrogens is 330 g/mol. The minimum atomic E-state index is -0.395. The maximum Gasteiger partial charge on any atom is 0.255 e. The predicted molar refractivity (Wildman–Crippen MR) is 100 cm³/mol. The van der Waals surface area contributed by atoms with Crippen LogP contribution in [0.5, 0.6) is 0 Å². The molecule has 2 N–H and O–H groups in total. The van der Waals surface area contributed by atoms with Gasteiger partial charge in [0.15, 0.2) is 0 Å². The first-order chi connectivity index (χ1) is 12.5. The highest BCUT2D eigenvalue weighted by atomic mass is 16.2. The normalized spacial score (nSPS) is 17.2. The summed E-state index contributed by atoms with van der Waals surface area (Å²) in [5, 5.41) is 0. The van der Waals surface area contributed by atoms with Crippen LogP contribution in [0.3, 0.4) is 0 Å². The Morgan fingerprint density at radius 3 is 2.81 bits per heavy atom. The molecule has 2 aromatic rings. The molecule has 0 unspecified atom stereocenters. The number of nitrogens with two attached hydrogens (primary N) is 1. The van der Waals surface area contributed by atoms with Crippen LogP contribution in [-0.2, 0) is 11.3 Å². The first-order valence-electron chi connectivity index (χ1n) is 8.82. The highest BCUT2D eigenvalue weighted by Crippen LogP contribution is 2.28. The van der Waals surface area contributed by atoms with Gasteiger partial charge in [-0.2, -0.15) is 0 Å². The molecule has 1 atom stereocenters. The Morgan fingerprint density at radius 2 is 2.08 bits per heavy atom. The summed E-state index contributed by atoms with van der Waals surface area (Å²) >= 11 is 0. The number of hydrogen-bond donors (Lipinski definition) is 1. The Hall–Kier alpha value is -2.83. The van der Waals surface area contributed by atoms with Crippen molar-refractivity contribution in [2.45, 2.75) is 25.3 Å². The van der Waals surface area contributed by atoms with E-state index in [1.54, 1.807) is 17.0 Å². The Morgan fingerprint density at radius 1 is 1.31 bits per heavy atom. The third-order valence-corrected chi connectivity index (χ3v) is 4.76. The number of aromatic nitrogens is 2. The third-order valence-electron chi connectivity index (χ3n) is 4.76. The number of primary amides is 1. The van der Waals surface area contributed by atoms with Crippen LogP contribution in [0.25, 0.3) is 0 Å². The second-order valence-electron chi connectivity index (χ2n) is 6.88. The lowest BCUT2D eigenvalue weighted by Gasteiger charge is -2.33. The van der Waals surface area contributed by atoms with Crippen LogP contribution in [0, 0.1) is 0 Å². The number of benzene rings is 1. The van der Waals surface area contributed by atoms with Crippen LogP contribution in [0.1, 0.15) is 34.9 Å². The average Bonchev–Trinajstić information content (AvgIpc) is 3.08. The van der Waals surface area contributed by atoms with E-state index in [9.17, 15) is 9.59 Å². The highest BCUT2D eigenvalue weighted by molar-refractivity contribution is 5.99. The number of imidazole rings is 1. The Bertz CT molecular complexity index is 799. The van der Waals surface area contributed by atoms with Crippen molar-refractivity contribution in [1.29, 1.82) is 0 Å². The van der Waals surface area contributed by atoms with Gasteiger partial charge in [-0.15, -0.1) is 0 Å². The fraction of sp³-hybridized carbons (Fsp3) is 0.421. The van der Waals surface area contributed by atoms with Gasteiger partial charge >= 0.3 is 0 Å². The van der Waals surface area contributed by atoms with Gasteiger partial charge in [-0.3, -0.25) is 9.59 Å². The summed E-state index contributed by atoms with van der Waals surface area (Å²) in [5.74, 6) is 0.565. The number of amides is 2. The molecule has 7 heteroatoms. The lowest BCUT2D eigenvalue weighted by molar-refractivity contribution is -0.118. The zero-order valence-corrected chi connectivity index (χ0v) is 15.3. The molecule has 1 saturated heterocycles. The molecule has 0 aliphatic carbocycles. The molecule has 1 aromatic carbocycles. The molecule has 0 bridgehead atoms. The van der Waals surface area contributed by atoms with E-state index in [0.717, 1.165) is 30.9 Å². The number of carbonyl (C=O) groups excluding carboxylic acids is 2. The quantitative estimate of drug-likeness (QED) is 0.880. The van der Waals surface area contributed by atoms with Crippen LogP contribution in [0.4, 0.5) is 5.69 Å². The van der Waals surface area contributed by atoms with E-state index in [4.69, 9.17) is 5.73 Å². The van der Waals surface area contributed by atoms with Crippen molar-refractivity contribution >= 4 is 17.5 Å². The molecule has 2 heterocycles. The molecule has 7 nitrogen and oxygen atoms in total. The van der Waals surface area contributed by atoms with E-state index in [1.807, 2.05) is 48.2 Å². The van der Waals surface area contributed by atoms with Gasteiger partial charge in [0.1, 0.15) is 12.4 Å². The summed E-state index contributed by atoms with van der Waals surface area (Å²) in [7, 11) is 3.87. The lowest BCUT2D eigenvalue weighted by atomic mass is 9.96. The van der Waals surface area contributed by atoms with E-state index < -0.39 is 5.91 Å². The molecule has 0 radical (unpaired) electrons. The topological polar surface area (TPSA) is 84.5 Å². The summed E-state index contributed by atoms with van der Waals surface area (Å²) in [5.41, 5.74) is 6.94. The summed E-state index contributed by atoms with van der Waals surface area (Å²) in [6.45, 7) is 1.44. The summed E-state index contributed by atoms with van der Waals surface area (Å²) in [4.78, 5) is 32.6. The van der Waals surface area contributed by atoms with E-state index in [-0.39, 0.29) is 18.4 Å². The van der Waals surface area contributed by atoms with Crippen molar-refractivity contribution in [2.24, 2.45) is 5.73 Å². The van der Waals surface area contributed by atoms with E-state index in [2.05, 4.69) is 4.98 Å². The fourth-order valence-electron chi connectivity index (χ4n) is 3.57. The van der Waals surface area contributed by atoms with Crippen LogP contribution in [0.2, 0.25) is 0 Å². The Kier molecular flexibility index (Phi) is 5.25. The van der Waals surface area contributed by atoms with Crippen molar-refractivity contribution in [1.82, 2.24) is 14.5 Å². The molecule has 1 aliphatic heterocycles. The van der Waals surface area contributed by atoms with Crippen LogP contribution >= 0.6 is 0 Å². The Labute approximate surface area is 153 Å². The molecular formula is C19H25N5O2. The fourth-order valence-corrected chi connectivity index (χ4v) is 3.57. The number of para-hydroxylation sites is 1. The monoisotopic (exact) mass is 355 g/mol. The van der Waals surface area contributed by atoms with Crippen molar-refractivity contribution in [3.63, 3.8) is 0 Å². The highest BCUT2D eigenvalue weighted by Gasteiger charge is 2.29. The molecule has 0 spiro atoms. The van der Waals surface area contributed by atoms with Crippen LogP contribution in [-0.4, -0.2) is 53.5 Å². The molecule has 1 fully saturated rings. The second kappa shape index (κ2) is 7.59. The molecule has 3 rings (SSSR count). The molecule has 0 saturated carbocycles. The minimum absolute atomic E-state index is 0.0343. The van der Waals surface area contributed by atoms with Crippen molar-refractivity contribution in [3.05, 3.63) is 48.0 Å². The first kappa shape index (κ1) is 18.0. The van der Waals surface area contributed by atoms with Crippen LogP contribution in [0.15, 0.2) is 36.7 Å². The van der Waals surface area contributed by atoms with Gasteiger partial charge in [-0.05, 0) is 25.0 Å². The molecule has 26 heavy (non-hydrogen) atoms. The number of rotatable bonds is 5. The maximum atomic E-state index is 13.1. The zero-order chi connectivity index (χ0) is 18.7. The van der Waals surface area contributed by atoms with Gasteiger partial charge in [0.25, 0.3) is 5.91 Å². The van der Waals surface area contributed by atoms with Gasteiger partial charge in [0.2, 0.25) is 5.91 Å². The number of anilines is 1. The SMILES string of the molecule is CN(C)c1ccccc1C(=O)N1CCC[C@H](c2nccn2CC(N)=O)C1. The number of nitrogens with zero attached hydrogens (tertiary/aromatic N) is 4. The van der Waals surface area contributed by atoms with Gasteiger partial charge < -0.3 is 20.1 Å². The average molecular weight is 355 g/mol. The number of likely N-dealkylation sites (tertiary alicyclic amines) is 1. The third kappa shape index (κ3) is 3.71. The lowest BCUT2D eigenvalue weighted by Crippen LogP contribution is -2.40. The molecule has 2 amide bonds. The standard InChI is InChI=1S/C19H25N5O2/c1-22(2)16-8-4-3-7-15(16)19(26)24-10-5-6-14(12-24)18-21-9-11-23(18)13-17(20)25/h3-4,7-9,11,14H,5-6,10,12-13H2,1-2H3,(H2,20,25)/t14-/m0/s1. The predicted octanol–water partition coefficient (Wildman–Crippen LogP) is 1.45. The second-order valence-corrected chi connectivity index (χ2v) is 6.88. The Balaban J connectivity index is 1.80. The summed E-state index contributed by atoms with van der Waals surface area (Å²) in [6.07, 6.45) is 5.29. The largest absolute Gasteiger partial charge is 0.377 e.